The second-order valence-corrected chi connectivity index (χ2v) is 3.50. The van der Waals surface area contributed by atoms with E-state index in [1.807, 2.05) is 0 Å². The highest BCUT2D eigenvalue weighted by Gasteiger charge is 2.32. The predicted molar refractivity (Wildman–Crippen MR) is 49.2 cm³/mol. The number of amides is 1. The van der Waals surface area contributed by atoms with Gasteiger partial charge in [0.1, 0.15) is 6.42 Å². The quantitative estimate of drug-likeness (QED) is 0.749. The number of nitrogens with one attached hydrogen (secondary N) is 1. The molecule has 0 aliphatic rings. The third kappa shape index (κ3) is 6.33. The van der Waals surface area contributed by atoms with Crippen molar-refractivity contribution in [3.8, 4) is 0 Å². The molecular weight excluding hydrogens is 211 g/mol. The second-order valence-electron chi connectivity index (χ2n) is 3.50. The highest BCUT2D eigenvalue weighted by Crippen LogP contribution is 2.19. The van der Waals surface area contributed by atoms with Crippen LogP contribution in [0.15, 0.2) is 0 Å². The smallest absolute Gasteiger partial charge is 0.388 e. The van der Waals surface area contributed by atoms with Crippen LogP contribution in [0.1, 0.15) is 33.1 Å². The minimum Gasteiger partial charge on any atom is -0.388 e. The molecule has 1 amide bonds. The standard InChI is InChI=1S/C9H16F3NO2/c1-3-8(15,4-2)6-13-7(14)5-9(10,11)12/h15H,3-6H2,1-2H3,(H,13,14). The fourth-order valence-electron chi connectivity index (χ4n) is 1.01. The maximum absolute atomic E-state index is 11.8. The molecule has 0 saturated carbocycles. The first-order chi connectivity index (χ1) is 6.72. The lowest BCUT2D eigenvalue weighted by molar-refractivity contribution is -0.154. The average Bonchev–Trinajstić information content (AvgIpc) is 2.12. The lowest BCUT2D eigenvalue weighted by atomic mass is 9.97. The summed E-state index contributed by atoms with van der Waals surface area (Å²) in [6.07, 6.45) is -5.23. The Hall–Kier alpha value is -0.780. The van der Waals surface area contributed by atoms with Crippen LogP contribution in [0.2, 0.25) is 0 Å². The van der Waals surface area contributed by atoms with E-state index in [2.05, 4.69) is 5.32 Å². The molecule has 0 unspecified atom stereocenters. The van der Waals surface area contributed by atoms with Crippen molar-refractivity contribution in [2.75, 3.05) is 6.54 Å². The Morgan fingerprint density at radius 2 is 1.73 bits per heavy atom. The van der Waals surface area contributed by atoms with Gasteiger partial charge in [0.2, 0.25) is 5.91 Å². The van der Waals surface area contributed by atoms with Crippen molar-refractivity contribution >= 4 is 5.91 Å². The van der Waals surface area contributed by atoms with Gasteiger partial charge in [-0.15, -0.1) is 0 Å². The molecule has 0 radical (unpaired) electrons. The van der Waals surface area contributed by atoms with Gasteiger partial charge in [-0.25, -0.2) is 0 Å². The van der Waals surface area contributed by atoms with Crippen LogP contribution in [0, 0.1) is 0 Å². The summed E-state index contributed by atoms with van der Waals surface area (Å²) >= 11 is 0. The predicted octanol–water partition coefficient (Wildman–Crippen LogP) is 1.61. The van der Waals surface area contributed by atoms with Crippen LogP contribution in [0.3, 0.4) is 0 Å². The molecule has 0 aromatic carbocycles. The third-order valence-corrected chi connectivity index (χ3v) is 2.29. The number of alkyl halides is 3. The minimum atomic E-state index is -4.50. The van der Waals surface area contributed by atoms with Gasteiger partial charge in [0, 0.05) is 6.54 Å². The number of carbonyl (C=O) groups is 1. The Morgan fingerprint density at radius 3 is 2.07 bits per heavy atom. The molecule has 15 heavy (non-hydrogen) atoms. The van der Waals surface area contributed by atoms with Gasteiger partial charge in [0.15, 0.2) is 0 Å². The van der Waals surface area contributed by atoms with E-state index in [9.17, 15) is 23.1 Å². The van der Waals surface area contributed by atoms with Crippen molar-refractivity contribution in [2.24, 2.45) is 0 Å². The fraction of sp³-hybridized carbons (Fsp3) is 0.889. The summed E-state index contributed by atoms with van der Waals surface area (Å²) in [5, 5.41) is 11.8. The van der Waals surface area contributed by atoms with E-state index in [1.54, 1.807) is 13.8 Å². The molecule has 0 heterocycles. The monoisotopic (exact) mass is 227 g/mol. The van der Waals surface area contributed by atoms with E-state index in [0.29, 0.717) is 12.8 Å². The van der Waals surface area contributed by atoms with Gasteiger partial charge in [0.05, 0.1) is 5.60 Å². The zero-order valence-electron chi connectivity index (χ0n) is 8.82. The molecule has 0 atom stereocenters. The van der Waals surface area contributed by atoms with Gasteiger partial charge < -0.3 is 10.4 Å². The maximum Gasteiger partial charge on any atom is 0.397 e. The summed E-state index contributed by atoms with van der Waals surface area (Å²) in [4.78, 5) is 10.8. The van der Waals surface area contributed by atoms with Crippen molar-refractivity contribution in [2.45, 2.75) is 44.9 Å². The zero-order valence-corrected chi connectivity index (χ0v) is 8.82. The Kier molecular flexibility index (Phi) is 5.07. The first-order valence-corrected chi connectivity index (χ1v) is 4.78. The van der Waals surface area contributed by atoms with Crippen LogP contribution in [0.5, 0.6) is 0 Å². The van der Waals surface area contributed by atoms with Crippen molar-refractivity contribution in [3.05, 3.63) is 0 Å². The first-order valence-electron chi connectivity index (χ1n) is 4.78. The molecule has 6 heteroatoms. The molecule has 0 saturated heterocycles. The molecule has 0 aliphatic carbocycles. The fourth-order valence-corrected chi connectivity index (χ4v) is 1.01. The Balaban J connectivity index is 4.00. The molecule has 0 aromatic heterocycles. The minimum absolute atomic E-state index is 0.144. The summed E-state index contributed by atoms with van der Waals surface area (Å²) < 4.78 is 35.3. The molecular formula is C9H16F3NO2. The summed E-state index contributed by atoms with van der Waals surface area (Å²) in [5.74, 6) is -1.11. The number of hydrogen-bond acceptors (Lipinski definition) is 2. The zero-order chi connectivity index (χ0) is 12.1. The summed E-state index contributed by atoms with van der Waals surface area (Å²) in [6.45, 7) is 3.27. The summed E-state index contributed by atoms with van der Waals surface area (Å²) in [6, 6.07) is 0. The Morgan fingerprint density at radius 1 is 1.27 bits per heavy atom. The summed E-state index contributed by atoms with van der Waals surface area (Å²) in [5.41, 5.74) is -1.11. The van der Waals surface area contributed by atoms with Crippen molar-refractivity contribution in [1.82, 2.24) is 5.32 Å². The lowest BCUT2D eigenvalue weighted by Crippen LogP contribution is -2.43. The molecule has 0 rings (SSSR count). The number of carbonyl (C=O) groups excluding carboxylic acids is 1. The lowest BCUT2D eigenvalue weighted by Gasteiger charge is -2.25. The molecule has 0 aliphatic heterocycles. The van der Waals surface area contributed by atoms with Gasteiger partial charge in [-0.3, -0.25) is 4.79 Å². The number of hydrogen-bond donors (Lipinski definition) is 2. The molecule has 3 nitrogen and oxygen atoms in total. The van der Waals surface area contributed by atoms with E-state index < -0.39 is 24.1 Å². The van der Waals surface area contributed by atoms with Gasteiger partial charge in [0.25, 0.3) is 0 Å². The van der Waals surface area contributed by atoms with E-state index >= 15 is 0 Å². The highest BCUT2D eigenvalue weighted by molar-refractivity contribution is 5.76. The van der Waals surface area contributed by atoms with E-state index in [-0.39, 0.29) is 6.54 Å². The van der Waals surface area contributed by atoms with Crippen LogP contribution < -0.4 is 5.32 Å². The SMILES string of the molecule is CCC(O)(CC)CNC(=O)CC(F)(F)F. The highest BCUT2D eigenvalue weighted by atomic mass is 19.4. The largest absolute Gasteiger partial charge is 0.397 e. The normalized spacial score (nSPS) is 12.7. The van der Waals surface area contributed by atoms with Crippen molar-refractivity contribution in [1.29, 1.82) is 0 Å². The first kappa shape index (κ1) is 14.2. The Labute approximate surface area is 86.7 Å². The molecule has 0 aromatic rings. The van der Waals surface area contributed by atoms with Crippen LogP contribution in [-0.4, -0.2) is 29.3 Å². The molecule has 0 bridgehead atoms. The van der Waals surface area contributed by atoms with Gasteiger partial charge in [-0.1, -0.05) is 13.8 Å². The van der Waals surface area contributed by atoms with Crippen LogP contribution in [0.4, 0.5) is 13.2 Å². The Bertz CT molecular complexity index is 212. The van der Waals surface area contributed by atoms with Gasteiger partial charge in [-0.05, 0) is 12.8 Å². The number of aliphatic hydroxyl groups is 1. The average molecular weight is 227 g/mol. The third-order valence-electron chi connectivity index (χ3n) is 2.29. The van der Waals surface area contributed by atoms with E-state index in [4.69, 9.17) is 0 Å². The topological polar surface area (TPSA) is 49.3 Å². The molecule has 2 N–H and O–H groups in total. The second kappa shape index (κ2) is 5.34. The van der Waals surface area contributed by atoms with Gasteiger partial charge in [-0.2, -0.15) is 13.2 Å². The maximum atomic E-state index is 11.8. The molecule has 0 fully saturated rings. The van der Waals surface area contributed by atoms with Crippen molar-refractivity contribution < 1.29 is 23.1 Å². The molecule has 90 valence electrons. The number of rotatable bonds is 5. The van der Waals surface area contributed by atoms with Crippen LogP contribution >= 0.6 is 0 Å². The van der Waals surface area contributed by atoms with Crippen LogP contribution in [0.25, 0.3) is 0 Å². The number of halogens is 3. The van der Waals surface area contributed by atoms with Crippen molar-refractivity contribution in [3.63, 3.8) is 0 Å². The van der Waals surface area contributed by atoms with E-state index in [0.717, 1.165) is 0 Å². The van der Waals surface area contributed by atoms with Crippen LogP contribution in [-0.2, 0) is 4.79 Å². The summed E-state index contributed by atoms with van der Waals surface area (Å²) in [7, 11) is 0. The van der Waals surface area contributed by atoms with E-state index in [1.165, 1.54) is 0 Å². The van der Waals surface area contributed by atoms with Gasteiger partial charge >= 0.3 is 6.18 Å². The molecule has 0 spiro atoms.